The zero-order chi connectivity index (χ0) is 18.0. The Hall–Kier alpha value is -1.84. The van der Waals surface area contributed by atoms with Crippen LogP contribution in [0.1, 0.15) is 56.9 Å². The van der Waals surface area contributed by atoms with Gasteiger partial charge in [-0.1, -0.05) is 25.8 Å². The van der Waals surface area contributed by atoms with Gasteiger partial charge in [0.05, 0.1) is 5.56 Å². The van der Waals surface area contributed by atoms with Gasteiger partial charge in [0.2, 0.25) is 0 Å². The normalized spacial score (nSPS) is 20.7. The minimum Gasteiger partial charge on any atom is -0.206 e. The number of halogens is 4. The summed E-state index contributed by atoms with van der Waals surface area (Å²) in [6.45, 7) is 2.17. The Morgan fingerprint density at radius 1 is 0.800 bits per heavy atom. The molecule has 1 saturated carbocycles. The van der Waals surface area contributed by atoms with Gasteiger partial charge in [0.25, 0.3) is 0 Å². The maximum Gasteiger partial charge on any atom is 0.159 e. The highest BCUT2D eigenvalue weighted by Gasteiger charge is 2.24. The van der Waals surface area contributed by atoms with Crippen LogP contribution in [0.15, 0.2) is 30.3 Å². The lowest BCUT2D eigenvalue weighted by Crippen LogP contribution is -2.13. The Morgan fingerprint density at radius 2 is 1.44 bits per heavy atom. The monoisotopic (exact) mass is 350 g/mol. The van der Waals surface area contributed by atoms with E-state index in [9.17, 15) is 17.6 Å². The third-order valence-electron chi connectivity index (χ3n) is 5.29. The molecule has 0 bridgehead atoms. The van der Waals surface area contributed by atoms with Crippen LogP contribution >= 0.6 is 0 Å². The van der Waals surface area contributed by atoms with Gasteiger partial charge in [-0.3, -0.25) is 0 Å². The fraction of sp³-hybridized carbons (Fsp3) is 0.429. The highest BCUT2D eigenvalue weighted by Crippen LogP contribution is 2.39. The van der Waals surface area contributed by atoms with E-state index in [-0.39, 0.29) is 17.0 Å². The van der Waals surface area contributed by atoms with Crippen LogP contribution in [0.4, 0.5) is 17.6 Å². The third kappa shape index (κ3) is 3.88. The molecule has 1 aliphatic rings. The standard InChI is InChI=1S/C21H22F4/c1-2-3-13-4-6-14(7-5-13)16-11-19(24)21(20(25)12-16)15-8-9-17(22)18(23)10-15/h8-14H,2-7H2,1H3. The third-order valence-corrected chi connectivity index (χ3v) is 5.29. The predicted octanol–water partition coefficient (Wildman–Crippen LogP) is 6.98. The van der Waals surface area contributed by atoms with Crippen molar-refractivity contribution in [3.63, 3.8) is 0 Å². The summed E-state index contributed by atoms with van der Waals surface area (Å²) in [6, 6.07) is 5.60. The molecule has 2 aromatic rings. The molecule has 0 amide bonds. The van der Waals surface area contributed by atoms with Crippen LogP contribution in [0.3, 0.4) is 0 Å². The second-order valence-electron chi connectivity index (χ2n) is 6.99. The molecule has 1 fully saturated rings. The van der Waals surface area contributed by atoms with Gasteiger partial charge in [-0.25, -0.2) is 17.6 Å². The molecule has 2 aromatic carbocycles. The molecular formula is C21H22F4. The van der Waals surface area contributed by atoms with Gasteiger partial charge in [0.1, 0.15) is 11.6 Å². The van der Waals surface area contributed by atoms with Crippen molar-refractivity contribution in [1.29, 1.82) is 0 Å². The summed E-state index contributed by atoms with van der Waals surface area (Å²) in [5.74, 6) is -2.72. The van der Waals surface area contributed by atoms with Gasteiger partial charge in [0, 0.05) is 0 Å². The number of hydrogen-bond acceptors (Lipinski definition) is 0. The molecular weight excluding hydrogens is 328 g/mol. The van der Waals surface area contributed by atoms with Crippen molar-refractivity contribution in [2.24, 2.45) is 5.92 Å². The van der Waals surface area contributed by atoms with Gasteiger partial charge in [-0.15, -0.1) is 0 Å². The van der Waals surface area contributed by atoms with E-state index in [0.29, 0.717) is 5.56 Å². The predicted molar refractivity (Wildman–Crippen MR) is 91.3 cm³/mol. The lowest BCUT2D eigenvalue weighted by Gasteiger charge is -2.29. The molecule has 0 N–H and O–H groups in total. The quantitative estimate of drug-likeness (QED) is 0.522. The lowest BCUT2D eigenvalue weighted by molar-refractivity contribution is 0.307. The minimum atomic E-state index is -1.12. The van der Waals surface area contributed by atoms with E-state index in [0.717, 1.165) is 43.7 Å². The van der Waals surface area contributed by atoms with Crippen molar-refractivity contribution in [3.8, 4) is 11.1 Å². The van der Waals surface area contributed by atoms with Gasteiger partial charge in [-0.05, 0) is 72.9 Å². The van der Waals surface area contributed by atoms with E-state index in [1.165, 1.54) is 31.0 Å². The largest absolute Gasteiger partial charge is 0.206 e. The first-order chi connectivity index (χ1) is 12.0. The summed E-state index contributed by atoms with van der Waals surface area (Å²) >= 11 is 0. The van der Waals surface area contributed by atoms with Crippen molar-refractivity contribution >= 4 is 0 Å². The Morgan fingerprint density at radius 3 is 2.00 bits per heavy atom. The molecule has 1 aliphatic carbocycles. The van der Waals surface area contributed by atoms with Crippen LogP contribution < -0.4 is 0 Å². The van der Waals surface area contributed by atoms with Crippen molar-refractivity contribution in [3.05, 3.63) is 59.2 Å². The number of rotatable bonds is 4. The molecule has 134 valence electrons. The van der Waals surface area contributed by atoms with Crippen LogP contribution in [-0.4, -0.2) is 0 Å². The molecule has 0 nitrogen and oxygen atoms in total. The van der Waals surface area contributed by atoms with Crippen LogP contribution in [0.5, 0.6) is 0 Å². The van der Waals surface area contributed by atoms with Gasteiger partial charge in [0.15, 0.2) is 11.6 Å². The van der Waals surface area contributed by atoms with Crippen LogP contribution in [0.2, 0.25) is 0 Å². The van der Waals surface area contributed by atoms with E-state index < -0.39 is 23.3 Å². The Labute approximate surface area is 145 Å². The highest BCUT2D eigenvalue weighted by molar-refractivity contribution is 5.65. The van der Waals surface area contributed by atoms with Crippen molar-refractivity contribution in [1.82, 2.24) is 0 Å². The summed E-state index contributed by atoms with van der Waals surface area (Å²) in [4.78, 5) is 0. The Balaban J connectivity index is 1.84. The number of benzene rings is 2. The highest BCUT2D eigenvalue weighted by atomic mass is 19.2. The Bertz CT molecular complexity index is 723. The second-order valence-corrected chi connectivity index (χ2v) is 6.99. The molecule has 0 spiro atoms. The van der Waals surface area contributed by atoms with E-state index >= 15 is 0 Å². The van der Waals surface area contributed by atoms with Crippen molar-refractivity contribution < 1.29 is 17.6 Å². The molecule has 4 heteroatoms. The summed E-state index contributed by atoms with van der Waals surface area (Å²) < 4.78 is 55.5. The molecule has 25 heavy (non-hydrogen) atoms. The van der Waals surface area contributed by atoms with Gasteiger partial charge in [-0.2, -0.15) is 0 Å². The topological polar surface area (TPSA) is 0 Å². The second kappa shape index (κ2) is 7.59. The van der Waals surface area contributed by atoms with Crippen LogP contribution in [-0.2, 0) is 0 Å². The smallest absolute Gasteiger partial charge is 0.159 e. The van der Waals surface area contributed by atoms with Gasteiger partial charge < -0.3 is 0 Å². The lowest BCUT2D eigenvalue weighted by atomic mass is 9.77. The number of hydrogen-bond donors (Lipinski definition) is 0. The SMILES string of the molecule is CCCC1CCC(c2cc(F)c(-c3ccc(F)c(F)c3)c(F)c2)CC1. The fourth-order valence-electron chi connectivity index (χ4n) is 3.95. The molecule has 0 saturated heterocycles. The summed E-state index contributed by atoms with van der Waals surface area (Å²) in [6.07, 6.45) is 6.44. The first kappa shape index (κ1) is 18.0. The van der Waals surface area contributed by atoms with Crippen LogP contribution in [0.25, 0.3) is 11.1 Å². The first-order valence-electron chi connectivity index (χ1n) is 8.94. The zero-order valence-electron chi connectivity index (χ0n) is 14.3. The first-order valence-corrected chi connectivity index (χ1v) is 8.94. The van der Waals surface area contributed by atoms with Gasteiger partial charge >= 0.3 is 0 Å². The molecule has 3 rings (SSSR count). The summed E-state index contributed by atoms with van der Waals surface area (Å²) in [5.41, 5.74) is 0.366. The molecule has 0 aromatic heterocycles. The molecule has 0 aliphatic heterocycles. The van der Waals surface area contributed by atoms with E-state index in [1.807, 2.05) is 0 Å². The maximum atomic E-state index is 14.5. The summed E-state index contributed by atoms with van der Waals surface area (Å²) in [7, 11) is 0. The van der Waals surface area contributed by atoms with E-state index in [2.05, 4.69) is 6.92 Å². The van der Waals surface area contributed by atoms with Crippen LogP contribution in [0, 0.1) is 29.2 Å². The molecule has 0 radical (unpaired) electrons. The molecule has 0 unspecified atom stereocenters. The zero-order valence-corrected chi connectivity index (χ0v) is 14.3. The minimum absolute atomic E-state index is 0.00658. The summed E-state index contributed by atoms with van der Waals surface area (Å²) in [5, 5.41) is 0. The Kier molecular flexibility index (Phi) is 5.45. The molecule has 0 heterocycles. The van der Waals surface area contributed by atoms with E-state index in [4.69, 9.17) is 0 Å². The van der Waals surface area contributed by atoms with Crippen molar-refractivity contribution in [2.75, 3.05) is 0 Å². The maximum absolute atomic E-state index is 14.5. The van der Waals surface area contributed by atoms with E-state index in [1.54, 1.807) is 0 Å². The molecule has 0 atom stereocenters. The average molecular weight is 350 g/mol. The fourth-order valence-corrected chi connectivity index (χ4v) is 3.95. The average Bonchev–Trinajstić information content (AvgIpc) is 2.58. The van der Waals surface area contributed by atoms with Crippen molar-refractivity contribution in [2.45, 2.75) is 51.4 Å².